The van der Waals surface area contributed by atoms with E-state index in [0.717, 1.165) is 31.1 Å². The van der Waals surface area contributed by atoms with E-state index >= 15 is 0 Å². The van der Waals surface area contributed by atoms with E-state index in [2.05, 4.69) is 10.3 Å². The number of hydrogen-bond acceptors (Lipinski definition) is 4. The fraction of sp³-hybridized carbons (Fsp3) is 0.700. The van der Waals surface area contributed by atoms with Crippen LogP contribution in [0.25, 0.3) is 0 Å². The van der Waals surface area contributed by atoms with Crippen molar-refractivity contribution in [3.63, 3.8) is 0 Å². The largest absolute Gasteiger partial charge is 0.327 e. The molecule has 1 atom stereocenters. The van der Waals surface area contributed by atoms with Crippen LogP contribution in [0.15, 0.2) is 10.2 Å². The van der Waals surface area contributed by atoms with Crippen LogP contribution in [0.2, 0.25) is 0 Å². The molecule has 0 bridgehead atoms. The number of nitrogens with one attached hydrogen (secondary N) is 2. The molecule has 1 unspecified atom stereocenters. The molecule has 1 saturated carbocycles. The summed E-state index contributed by atoms with van der Waals surface area (Å²) < 4.78 is 0. The number of aromatic amines is 1. The van der Waals surface area contributed by atoms with E-state index in [0.29, 0.717) is 6.04 Å². The van der Waals surface area contributed by atoms with Crippen LogP contribution in [0, 0.1) is 5.92 Å². The van der Waals surface area contributed by atoms with Crippen LogP contribution in [0.1, 0.15) is 25.0 Å². The molecule has 15 heavy (non-hydrogen) atoms. The van der Waals surface area contributed by atoms with E-state index in [9.17, 15) is 4.79 Å². The van der Waals surface area contributed by atoms with E-state index < -0.39 is 0 Å². The first-order valence-corrected chi connectivity index (χ1v) is 6.26. The Kier molecular flexibility index (Phi) is 3.56. The van der Waals surface area contributed by atoms with Crippen molar-refractivity contribution in [2.24, 2.45) is 11.7 Å². The summed E-state index contributed by atoms with van der Waals surface area (Å²) in [7, 11) is 0. The molecule has 0 spiro atoms. The maximum absolute atomic E-state index is 10.8. The Morgan fingerprint density at radius 2 is 2.47 bits per heavy atom. The van der Waals surface area contributed by atoms with Gasteiger partial charge in [0.05, 0.1) is 0 Å². The van der Waals surface area contributed by atoms with Crippen molar-refractivity contribution in [2.75, 3.05) is 6.54 Å². The van der Waals surface area contributed by atoms with E-state index in [1.165, 1.54) is 24.2 Å². The molecule has 1 aromatic heterocycles. The van der Waals surface area contributed by atoms with Gasteiger partial charge in [0.25, 0.3) is 0 Å². The molecule has 1 aliphatic rings. The first-order valence-electron chi connectivity index (χ1n) is 5.38. The molecule has 5 heteroatoms. The highest BCUT2D eigenvalue weighted by molar-refractivity contribution is 7.07. The van der Waals surface area contributed by atoms with Gasteiger partial charge < -0.3 is 16.0 Å². The summed E-state index contributed by atoms with van der Waals surface area (Å²) in [5.41, 5.74) is 6.93. The Bertz CT molecular complexity index is 356. The fourth-order valence-electron chi connectivity index (χ4n) is 1.65. The minimum Gasteiger partial charge on any atom is -0.327 e. The zero-order valence-corrected chi connectivity index (χ0v) is 9.48. The second kappa shape index (κ2) is 4.92. The van der Waals surface area contributed by atoms with Gasteiger partial charge >= 0.3 is 4.87 Å². The summed E-state index contributed by atoms with van der Waals surface area (Å²) in [5, 5.41) is 5.14. The first-order chi connectivity index (χ1) is 7.25. The zero-order chi connectivity index (χ0) is 10.7. The number of hydrogen-bond donors (Lipinski definition) is 3. The lowest BCUT2D eigenvalue weighted by molar-refractivity contribution is 0.516. The van der Waals surface area contributed by atoms with Gasteiger partial charge in [-0.05, 0) is 31.7 Å². The van der Waals surface area contributed by atoms with Crippen LogP contribution in [0.4, 0.5) is 0 Å². The number of aromatic nitrogens is 1. The smallest absolute Gasteiger partial charge is 0.304 e. The molecular formula is C10H17N3OS. The number of nitrogens with two attached hydrogens (primary N) is 1. The van der Waals surface area contributed by atoms with Crippen LogP contribution < -0.4 is 15.9 Å². The lowest BCUT2D eigenvalue weighted by atomic mass is 10.1. The minimum absolute atomic E-state index is 0.0153. The highest BCUT2D eigenvalue weighted by atomic mass is 32.1. The predicted molar refractivity (Wildman–Crippen MR) is 62.0 cm³/mol. The Hall–Kier alpha value is -0.650. The molecular weight excluding hydrogens is 210 g/mol. The Labute approximate surface area is 92.9 Å². The Morgan fingerprint density at radius 3 is 3.07 bits per heavy atom. The average Bonchev–Trinajstić information content (AvgIpc) is 2.98. The third kappa shape index (κ3) is 3.44. The first kappa shape index (κ1) is 10.9. The van der Waals surface area contributed by atoms with E-state index in [-0.39, 0.29) is 4.87 Å². The van der Waals surface area contributed by atoms with Gasteiger partial charge in [0.1, 0.15) is 0 Å². The number of rotatable bonds is 6. The maximum Gasteiger partial charge on any atom is 0.304 e. The van der Waals surface area contributed by atoms with Gasteiger partial charge in [-0.1, -0.05) is 11.3 Å². The summed E-state index contributed by atoms with van der Waals surface area (Å²) in [6.45, 7) is 1.66. The molecule has 1 aliphatic carbocycles. The van der Waals surface area contributed by atoms with Crippen LogP contribution in [-0.2, 0) is 6.54 Å². The van der Waals surface area contributed by atoms with Gasteiger partial charge in [-0.3, -0.25) is 4.79 Å². The zero-order valence-electron chi connectivity index (χ0n) is 8.66. The van der Waals surface area contributed by atoms with E-state index in [1.807, 2.05) is 5.38 Å². The van der Waals surface area contributed by atoms with Gasteiger partial charge in [-0.25, -0.2) is 0 Å². The number of H-pyrrole nitrogens is 1. The number of thiazole rings is 1. The third-order valence-corrected chi connectivity index (χ3v) is 3.49. The van der Waals surface area contributed by atoms with Gasteiger partial charge in [-0.2, -0.15) is 0 Å². The van der Waals surface area contributed by atoms with Crippen LogP contribution in [0.3, 0.4) is 0 Å². The molecule has 84 valence electrons. The molecule has 4 N–H and O–H groups in total. The molecule has 0 amide bonds. The lowest BCUT2D eigenvalue weighted by Crippen LogP contribution is -2.28. The SMILES string of the molecule is NC(CCNCc1csc(=O)[nH]1)C1CC1. The standard InChI is InChI=1S/C10H17N3OS/c11-9(7-1-2-7)3-4-12-5-8-6-15-10(14)13-8/h6-7,9,12H,1-5,11H2,(H,13,14). The van der Waals surface area contributed by atoms with Crippen molar-refractivity contribution >= 4 is 11.3 Å². The molecule has 1 fully saturated rings. The van der Waals surface area contributed by atoms with Crippen molar-refractivity contribution in [3.05, 3.63) is 20.7 Å². The molecule has 0 radical (unpaired) electrons. The highest BCUT2D eigenvalue weighted by Crippen LogP contribution is 2.32. The summed E-state index contributed by atoms with van der Waals surface area (Å²) in [6.07, 6.45) is 3.64. The van der Waals surface area contributed by atoms with Crippen LogP contribution in [0.5, 0.6) is 0 Å². The quantitative estimate of drug-likeness (QED) is 0.625. The molecule has 4 nitrogen and oxygen atoms in total. The summed E-state index contributed by atoms with van der Waals surface area (Å²) in [5.74, 6) is 0.771. The van der Waals surface area contributed by atoms with Gasteiger partial charge in [-0.15, -0.1) is 0 Å². The molecule has 1 heterocycles. The molecule has 0 saturated heterocycles. The topological polar surface area (TPSA) is 70.9 Å². The Morgan fingerprint density at radius 1 is 1.67 bits per heavy atom. The summed E-state index contributed by atoms with van der Waals surface area (Å²) >= 11 is 1.21. The molecule has 1 aromatic rings. The lowest BCUT2D eigenvalue weighted by Gasteiger charge is -2.09. The van der Waals surface area contributed by atoms with Gasteiger partial charge in [0.2, 0.25) is 0 Å². The van der Waals surface area contributed by atoms with Crippen molar-refractivity contribution in [1.82, 2.24) is 10.3 Å². The fourth-order valence-corrected chi connectivity index (χ4v) is 2.23. The average molecular weight is 227 g/mol. The van der Waals surface area contributed by atoms with Gasteiger partial charge in [0.15, 0.2) is 0 Å². The second-order valence-electron chi connectivity index (χ2n) is 4.14. The molecule has 0 aliphatic heterocycles. The van der Waals surface area contributed by atoms with E-state index in [4.69, 9.17) is 5.73 Å². The van der Waals surface area contributed by atoms with Crippen LogP contribution >= 0.6 is 11.3 Å². The predicted octanol–water partition coefficient (Wildman–Crippen LogP) is 0.653. The van der Waals surface area contributed by atoms with E-state index in [1.54, 1.807) is 0 Å². The van der Waals surface area contributed by atoms with Crippen molar-refractivity contribution < 1.29 is 0 Å². The summed E-state index contributed by atoms with van der Waals surface area (Å²) in [6, 6.07) is 0.360. The van der Waals surface area contributed by atoms with Crippen LogP contribution in [-0.4, -0.2) is 17.6 Å². The third-order valence-electron chi connectivity index (χ3n) is 2.77. The van der Waals surface area contributed by atoms with Crippen molar-refractivity contribution in [3.8, 4) is 0 Å². The minimum atomic E-state index is 0.0153. The van der Waals surface area contributed by atoms with Crippen molar-refractivity contribution in [2.45, 2.75) is 31.8 Å². The monoisotopic (exact) mass is 227 g/mol. The summed E-state index contributed by atoms with van der Waals surface area (Å²) in [4.78, 5) is 13.6. The Balaban J connectivity index is 1.60. The van der Waals surface area contributed by atoms with Gasteiger partial charge in [0, 0.05) is 23.7 Å². The van der Waals surface area contributed by atoms with Crippen molar-refractivity contribution in [1.29, 1.82) is 0 Å². The molecule has 0 aromatic carbocycles. The normalized spacial score (nSPS) is 17.9. The second-order valence-corrected chi connectivity index (χ2v) is 4.98. The molecule has 2 rings (SSSR count). The highest BCUT2D eigenvalue weighted by Gasteiger charge is 2.27. The maximum atomic E-state index is 10.8.